The molecule has 200 valence electrons. The maximum absolute atomic E-state index is 14.4. The smallest absolute Gasteiger partial charge is 0.263 e. The summed E-state index contributed by atoms with van der Waals surface area (Å²) in [5, 5.41) is 13.4. The number of nitrogens with zero attached hydrogens (tertiary/aromatic N) is 6. The highest BCUT2D eigenvalue weighted by Crippen LogP contribution is 2.35. The number of hydrogen-bond donors (Lipinski definition) is 2. The average molecular weight is 533 g/mol. The lowest BCUT2D eigenvalue weighted by atomic mass is 9.99. The molecule has 0 saturated carbocycles. The Morgan fingerprint density at radius 1 is 1.10 bits per heavy atom. The van der Waals surface area contributed by atoms with Gasteiger partial charge < -0.3 is 15.6 Å². The SMILES string of the molecule is CC[C@H](Nc1nccc(N)c1-c1noc(C)n1)c1cc2cccc(-c3cnn(C)c3)c2c(=O)n1-c1ccccc1. The van der Waals surface area contributed by atoms with Crippen LogP contribution >= 0.6 is 0 Å². The van der Waals surface area contributed by atoms with Crippen LogP contribution in [0.25, 0.3) is 39.0 Å². The zero-order valence-electron chi connectivity index (χ0n) is 22.4. The molecule has 0 aliphatic heterocycles. The van der Waals surface area contributed by atoms with Gasteiger partial charge in [-0.25, -0.2) is 4.98 Å². The van der Waals surface area contributed by atoms with Gasteiger partial charge in [0.1, 0.15) is 5.82 Å². The fourth-order valence-corrected chi connectivity index (χ4v) is 5.05. The number of nitrogens with one attached hydrogen (secondary N) is 1. The molecule has 4 heterocycles. The molecule has 1 atom stereocenters. The number of para-hydroxylation sites is 1. The van der Waals surface area contributed by atoms with E-state index in [0.29, 0.717) is 40.6 Å². The van der Waals surface area contributed by atoms with Crippen molar-refractivity contribution in [2.24, 2.45) is 7.05 Å². The zero-order valence-corrected chi connectivity index (χ0v) is 22.4. The van der Waals surface area contributed by atoms with E-state index in [1.165, 1.54) is 0 Å². The largest absolute Gasteiger partial charge is 0.398 e. The second-order valence-electron chi connectivity index (χ2n) is 9.58. The number of rotatable bonds is 7. The lowest BCUT2D eigenvalue weighted by Gasteiger charge is -2.24. The molecule has 40 heavy (non-hydrogen) atoms. The normalized spacial score (nSPS) is 12.1. The molecule has 0 amide bonds. The molecule has 0 fully saturated rings. The van der Waals surface area contributed by atoms with Gasteiger partial charge in [0.25, 0.3) is 5.56 Å². The van der Waals surface area contributed by atoms with Crippen molar-refractivity contribution in [3.05, 3.63) is 101 Å². The number of anilines is 2. The van der Waals surface area contributed by atoms with Gasteiger partial charge in [-0.05, 0) is 41.6 Å². The topological polar surface area (TPSA) is 130 Å². The molecule has 0 bridgehead atoms. The van der Waals surface area contributed by atoms with Crippen LogP contribution < -0.4 is 16.6 Å². The first kappa shape index (κ1) is 25.1. The van der Waals surface area contributed by atoms with Crippen molar-refractivity contribution in [1.82, 2.24) is 29.5 Å². The molecular weight excluding hydrogens is 504 g/mol. The van der Waals surface area contributed by atoms with E-state index in [4.69, 9.17) is 10.3 Å². The number of pyridine rings is 2. The monoisotopic (exact) mass is 532 g/mol. The van der Waals surface area contributed by atoms with Crippen molar-refractivity contribution < 1.29 is 4.52 Å². The molecule has 10 nitrogen and oxygen atoms in total. The van der Waals surface area contributed by atoms with Crippen LogP contribution in [0.5, 0.6) is 0 Å². The molecule has 2 aromatic carbocycles. The first-order valence-electron chi connectivity index (χ1n) is 13.0. The minimum atomic E-state index is -0.305. The van der Waals surface area contributed by atoms with Crippen LogP contribution in [-0.2, 0) is 7.05 Å². The van der Waals surface area contributed by atoms with E-state index in [9.17, 15) is 4.79 Å². The first-order chi connectivity index (χ1) is 19.4. The molecule has 0 unspecified atom stereocenters. The molecular formula is C30H28N8O2. The Kier molecular flexibility index (Phi) is 6.35. The predicted molar refractivity (Wildman–Crippen MR) is 155 cm³/mol. The number of hydrogen-bond acceptors (Lipinski definition) is 8. The maximum Gasteiger partial charge on any atom is 0.263 e. The minimum absolute atomic E-state index is 0.118. The van der Waals surface area contributed by atoms with E-state index >= 15 is 0 Å². The van der Waals surface area contributed by atoms with Gasteiger partial charge in [0.15, 0.2) is 0 Å². The molecule has 0 aliphatic rings. The molecule has 0 radical (unpaired) electrons. The molecule has 3 N–H and O–H groups in total. The number of nitrogen functional groups attached to an aromatic ring is 1. The second-order valence-corrected chi connectivity index (χ2v) is 9.58. The number of aromatic nitrogens is 6. The van der Waals surface area contributed by atoms with Crippen molar-refractivity contribution in [2.75, 3.05) is 11.1 Å². The van der Waals surface area contributed by atoms with Gasteiger partial charge in [-0.2, -0.15) is 10.1 Å². The average Bonchev–Trinajstić information content (AvgIpc) is 3.59. The van der Waals surface area contributed by atoms with Crippen LogP contribution in [0.1, 0.15) is 31.0 Å². The van der Waals surface area contributed by atoms with E-state index in [1.807, 2.05) is 61.8 Å². The maximum atomic E-state index is 14.4. The Morgan fingerprint density at radius 2 is 1.93 bits per heavy atom. The molecule has 0 spiro atoms. The van der Waals surface area contributed by atoms with E-state index in [1.54, 1.807) is 34.6 Å². The van der Waals surface area contributed by atoms with E-state index in [0.717, 1.165) is 27.9 Å². The van der Waals surface area contributed by atoms with Crippen molar-refractivity contribution in [1.29, 1.82) is 0 Å². The van der Waals surface area contributed by atoms with Crippen LogP contribution in [0.15, 0.2) is 88.6 Å². The Labute approximate surface area is 230 Å². The summed E-state index contributed by atoms with van der Waals surface area (Å²) >= 11 is 0. The van der Waals surface area contributed by atoms with Gasteiger partial charge in [-0.1, -0.05) is 48.5 Å². The van der Waals surface area contributed by atoms with Gasteiger partial charge in [0.2, 0.25) is 11.7 Å². The summed E-state index contributed by atoms with van der Waals surface area (Å²) in [5.41, 5.74) is 10.5. The van der Waals surface area contributed by atoms with Crippen LogP contribution in [0, 0.1) is 6.92 Å². The van der Waals surface area contributed by atoms with Crippen molar-refractivity contribution in [3.63, 3.8) is 0 Å². The summed E-state index contributed by atoms with van der Waals surface area (Å²) in [7, 11) is 1.86. The summed E-state index contributed by atoms with van der Waals surface area (Å²) in [5.74, 6) is 1.28. The third-order valence-electron chi connectivity index (χ3n) is 6.92. The van der Waals surface area contributed by atoms with Gasteiger partial charge in [-0.3, -0.25) is 14.0 Å². The molecule has 6 aromatic rings. The summed E-state index contributed by atoms with van der Waals surface area (Å²) in [6.45, 7) is 3.77. The molecule has 10 heteroatoms. The third-order valence-corrected chi connectivity index (χ3v) is 6.92. The van der Waals surface area contributed by atoms with Crippen molar-refractivity contribution >= 4 is 22.3 Å². The predicted octanol–water partition coefficient (Wildman–Crippen LogP) is 5.29. The van der Waals surface area contributed by atoms with Gasteiger partial charge >= 0.3 is 0 Å². The standard InChI is InChI=1S/C30H28N8O2/c1-4-24(35-28-27(23(31)13-14-32-28)29-34-18(2)40-36-29)25-15-19-9-8-12-22(20-16-33-37(3)17-20)26(19)30(39)38(25)21-10-6-5-7-11-21/h5-17,24H,4H2,1-3H3,(H3,31,32,35)/t24-/m0/s1. The Balaban J connectivity index is 1.56. The number of fused-ring (bicyclic) bond motifs is 1. The van der Waals surface area contributed by atoms with Crippen molar-refractivity contribution in [2.45, 2.75) is 26.3 Å². The van der Waals surface area contributed by atoms with E-state index in [2.05, 4.69) is 38.5 Å². The number of nitrogens with two attached hydrogens (primary N) is 1. The van der Waals surface area contributed by atoms with E-state index < -0.39 is 0 Å². The molecule has 4 aromatic heterocycles. The zero-order chi connectivity index (χ0) is 27.8. The van der Waals surface area contributed by atoms with Crippen LogP contribution in [-0.4, -0.2) is 29.5 Å². The van der Waals surface area contributed by atoms with Crippen LogP contribution in [0.3, 0.4) is 0 Å². The second kappa shape index (κ2) is 10.1. The Morgan fingerprint density at radius 3 is 2.62 bits per heavy atom. The minimum Gasteiger partial charge on any atom is -0.398 e. The Bertz CT molecular complexity index is 1890. The van der Waals surface area contributed by atoms with Crippen LogP contribution in [0.2, 0.25) is 0 Å². The van der Waals surface area contributed by atoms with Crippen molar-refractivity contribution in [3.8, 4) is 28.2 Å². The highest BCUT2D eigenvalue weighted by molar-refractivity contribution is 5.96. The quantitative estimate of drug-likeness (QED) is 0.284. The van der Waals surface area contributed by atoms with E-state index in [-0.39, 0.29) is 11.6 Å². The van der Waals surface area contributed by atoms with Gasteiger partial charge in [0.05, 0.1) is 23.2 Å². The molecule has 0 saturated heterocycles. The summed E-state index contributed by atoms with van der Waals surface area (Å²) < 4.78 is 8.72. The van der Waals surface area contributed by atoms with Crippen LogP contribution in [0.4, 0.5) is 11.5 Å². The summed E-state index contributed by atoms with van der Waals surface area (Å²) in [6.07, 6.45) is 5.98. The Hall–Kier alpha value is -5.25. The highest BCUT2D eigenvalue weighted by Gasteiger charge is 2.23. The summed E-state index contributed by atoms with van der Waals surface area (Å²) in [6, 6.07) is 19.0. The number of benzene rings is 2. The highest BCUT2D eigenvalue weighted by atomic mass is 16.5. The van der Waals surface area contributed by atoms with Gasteiger partial charge in [-0.15, -0.1) is 0 Å². The lowest BCUT2D eigenvalue weighted by molar-refractivity contribution is 0.394. The fourth-order valence-electron chi connectivity index (χ4n) is 5.05. The lowest BCUT2D eigenvalue weighted by Crippen LogP contribution is -2.27. The van der Waals surface area contributed by atoms with Gasteiger partial charge in [0, 0.05) is 49.0 Å². The molecule has 6 rings (SSSR count). The number of aryl methyl sites for hydroxylation is 2. The molecule has 0 aliphatic carbocycles. The first-order valence-corrected chi connectivity index (χ1v) is 13.0. The third kappa shape index (κ3) is 4.39. The fraction of sp³-hybridized carbons (Fsp3) is 0.167. The summed E-state index contributed by atoms with van der Waals surface area (Å²) in [4.78, 5) is 23.3.